The fraction of sp³-hybridized carbons (Fsp3) is 0.478. The van der Waals surface area contributed by atoms with E-state index in [0.717, 1.165) is 68.8 Å². The lowest BCUT2D eigenvalue weighted by Crippen LogP contribution is -2.34. The average Bonchev–Trinajstić information content (AvgIpc) is 2.88. The number of hydrogen-bond acceptors (Lipinski definition) is 3. The molecule has 1 saturated heterocycles. The molecule has 0 spiro atoms. The van der Waals surface area contributed by atoms with Crippen LogP contribution in [0.4, 0.5) is 4.39 Å². The second-order valence-corrected chi connectivity index (χ2v) is 8.14. The van der Waals surface area contributed by atoms with Crippen LogP contribution in [-0.2, 0) is 17.9 Å². The molecule has 0 saturated carbocycles. The third-order valence-electron chi connectivity index (χ3n) is 5.45. The van der Waals surface area contributed by atoms with Gasteiger partial charge in [-0.1, -0.05) is 37.1 Å². The number of unbranched alkanes of at least 4 members (excludes halogenated alkanes) is 1. The van der Waals surface area contributed by atoms with Crippen LogP contribution in [0.25, 0.3) is 6.08 Å². The Labute approximate surface area is 183 Å². The van der Waals surface area contributed by atoms with E-state index < -0.39 is 0 Å². The minimum Gasteiger partial charge on any atom is -0.338 e. The number of nitrogens with zero attached hydrogens (tertiary/aromatic N) is 4. The fourth-order valence-corrected chi connectivity index (χ4v) is 3.99. The zero-order valence-corrected chi connectivity index (χ0v) is 18.5. The van der Waals surface area contributed by atoms with Crippen molar-refractivity contribution in [2.45, 2.75) is 46.2 Å². The largest absolute Gasteiger partial charge is 0.338 e. The van der Waals surface area contributed by atoms with Crippen LogP contribution < -0.4 is 0 Å². The van der Waals surface area contributed by atoms with Gasteiger partial charge in [0.15, 0.2) is 0 Å². The van der Waals surface area contributed by atoms with Crippen molar-refractivity contribution in [2.75, 3.05) is 26.2 Å². The van der Waals surface area contributed by atoms with Gasteiger partial charge in [-0.2, -0.15) is 5.10 Å². The summed E-state index contributed by atoms with van der Waals surface area (Å²) in [6.07, 6.45) is 6.40. The maximum absolute atomic E-state index is 13.1. The molecule has 1 aliphatic heterocycles. The number of carbonyl (C=O) groups excluding carboxylic acids is 1. The van der Waals surface area contributed by atoms with Crippen LogP contribution in [0, 0.1) is 12.7 Å². The van der Waals surface area contributed by atoms with Crippen molar-refractivity contribution >= 4 is 23.6 Å². The number of benzene rings is 1. The molecule has 162 valence electrons. The van der Waals surface area contributed by atoms with Crippen molar-refractivity contribution in [1.29, 1.82) is 0 Å². The molecule has 0 radical (unpaired) electrons. The lowest BCUT2D eigenvalue weighted by atomic mass is 10.2. The molecule has 0 aliphatic carbocycles. The van der Waals surface area contributed by atoms with Crippen molar-refractivity contribution in [3.05, 3.63) is 58.1 Å². The summed E-state index contributed by atoms with van der Waals surface area (Å²) < 4.78 is 14.9. The molecule has 7 heteroatoms. The molecule has 5 nitrogen and oxygen atoms in total. The van der Waals surface area contributed by atoms with Gasteiger partial charge in [0, 0.05) is 50.9 Å². The maximum atomic E-state index is 13.1. The van der Waals surface area contributed by atoms with Gasteiger partial charge in [0.2, 0.25) is 5.91 Å². The highest BCUT2D eigenvalue weighted by atomic mass is 35.5. The summed E-state index contributed by atoms with van der Waals surface area (Å²) in [7, 11) is 0. The SMILES string of the molecule is CCCCn1nc(C)c(/C=C/C(=O)N2CCCN(Cc3ccc(F)cc3)CC2)c1Cl. The highest BCUT2D eigenvalue weighted by Crippen LogP contribution is 2.22. The van der Waals surface area contributed by atoms with E-state index in [9.17, 15) is 9.18 Å². The summed E-state index contributed by atoms with van der Waals surface area (Å²) in [6, 6.07) is 6.62. The topological polar surface area (TPSA) is 41.4 Å². The predicted molar refractivity (Wildman–Crippen MR) is 119 cm³/mol. The Morgan fingerprint density at radius 3 is 2.70 bits per heavy atom. The molecule has 1 aromatic heterocycles. The Balaban J connectivity index is 1.57. The first kappa shape index (κ1) is 22.5. The number of amides is 1. The van der Waals surface area contributed by atoms with Crippen molar-refractivity contribution < 1.29 is 9.18 Å². The Hall–Kier alpha value is -2.18. The van der Waals surface area contributed by atoms with Crippen molar-refractivity contribution in [3.63, 3.8) is 0 Å². The maximum Gasteiger partial charge on any atom is 0.246 e. The van der Waals surface area contributed by atoms with E-state index in [1.54, 1.807) is 12.2 Å². The second-order valence-electron chi connectivity index (χ2n) is 7.78. The van der Waals surface area contributed by atoms with Gasteiger partial charge in [0.25, 0.3) is 0 Å². The number of aryl methyl sites for hydroxylation is 2. The molecular formula is C23H30ClFN4O. The molecule has 30 heavy (non-hydrogen) atoms. The zero-order chi connectivity index (χ0) is 21.5. The van der Waals surface area contributed by atoms with Crippen LogP contribution in [-0.4, -0.2) is 51.7 Å². The van der Waals surface area contributed by atoms with Gasteiger partial charge in [0.1, 0.15) is 11.0 Å². The average molecular weight is 433 g/mol. The predicted octanol–water partition coefficient (Wildman–Crippen LogP) is 4.53. The first-order chi connectivity index (χ1) is 14.5. The van der Waals surface area contributed by atoms with Crippen LogP contribution in [0.5, 0.6) is 0 Å². The zero-order valence-electron chi connectivity index (χ0n) is 17.8. The van der Waals surface area contributed by atoms with Gasteiger partial charge in [-0.15, -0.1) is 0 Å². The van der Waals surface area contributed by atoms with E-state index in [1.807, 2.05) is 28.6 Å². The van der Waals surface area contributed by atoms with E-state index in [2.05, 4.69) is 16.9 Å². The molecule has 0 N–H and O–H groups in total. The van der Waals surface area contributed by atoms with Gasteiger partial charge in [0.05, 0.1) is 5.69 Å². The standard InChI is InChI=1S/C23H30ClFN4O/c1-3-4-14-29-23(24)21(18(2)26-29)10-11-22(30)28-13-5-12-27(15-16-28)17-19-6-8-20(25)9-7-19/h6-11H,3-5,12-17H2,1-2H3/b11-10+. The van der Waals surface area contributed by atoms with E-state index in [0.29, 0.717) is 11.7 Å². The minimum absolute atomic E-state index is 0.00425. The van der Waals surface area contributed by atoms with Crippen LogP contribution in [0.3, 0.4) is 0 Å². The summed E-state index contributed by atoms with van der Waals surface area (Å²) >= 11 is 6.46. The van der Waals surface area contributed by atoms with Crippen molar-refractivity contribution in [2.24, 2.45) is 0 Å². The third-order valence-corrected chi connectivity index (χ3v) is 5.84. The molecule has 1 aliphatic rings. The lowest BCUT2D eigenvalue weighted by Gasteiger charge is -2.21. The monoisotopic (exact) mass is 432 g/mol. The molecule has 0 unspecified atom stereocenters. The quantitative estimate of drug-likeness (QED) is 0.603. The third kappa shape index (κ3) is 5.92. The van der Waals surface area contributed by atoms with Gasteiger partial charge in [-0.3, -0.25) is 14.4 Å². The lowest BCUT2D eigenvalue weighted by molar-refractivity contribution is -0.125. The van der Waals surface area contributed by atoms with Crippen LogP contribution >= 0.6 is 11.6 Å². The Morgan fingerprint density at radius 1 is 1.20 bits per heavy atom. The van der Waals surface area contributed by atoms with Crippen molar-refractivity contribution in [1.82, 2.24) is 19.6 Å². The van der Waals surface area contributed by atoms with Crippen LogP contribution in [0.15, 0.2) is 30.3 Å². The normalized spacial score (nSPS) is 15.7. The highest BCUT2D eigenvalue weighted by molar-refractivity contribution is 6.31. The van der Waals surface area contributed by atoms with Gasteiger partial charge in [-0.05, 0) is 43.5 Å². The van der Waals surface area contributed by atoms with Crippen molar-refractivity contribution in [3.8, 4) is 0 Å². The molecule has 0 atom stereocenters. The van der Waals surface area contributed by atoms with Gasteiger partial charge < -0.3 is 4.90 Å². The summed E-state index contributed by atoms with van der Waals surface area (Å²) in [5.41, 5.74) is 2.73. The Morgan fingerprint density at radius 2 is 1.97 bits per heavy atom. The van der Waals surface area contributed by atoms with Crippen LogP contribution in [0.1, 0.15) is 43.0 Å². The molecule has 0 bridgehead atoms. The molecule has 1 fully saturated rings. The number of halogens is 2. The molecular weight excluding hydrogens is 403 g/mol. The Bertz CT molecular complexity index is 878. The molecule has 1 amide bonds. The molecule has 2 heterocycles. The first-order valence-electron chi connectivity index (χ1n) is 10.6. The van der Waals surface area contributed by atoms with Gasteiger partial charge >= 0.3 is 0 Å². The van der Waals surface area contributed by atoms with E-state index in [-0.39, 0.29) is 11.7 Å². The smallest absolute Gasteiger partial charge is 0.246 e. The molecule has 3 rings (SSSR count). The van der Waals surface area contributed by atoms with E-state index in [4.69, 9.17) is 11.6 Å². The highest BCUT2D eigenvalue weighted by Gasteiger charge is 2.18. The molecule has 2 aromatic rings. The number of rotatable bonds is 7. The number of hydrogen-bond donors (Lipinski definition) is 0. The number of aromatic nitrogens is 2. The summed E-state index contributed by atoms with van der Waals surface area (Å²) in [4.78, 5) is 16.9. The fourth-order valence-electron chi connectivity index (χ4n) is 3.67. The van der Waals surface area contributed by atoms with E-state index >= 15 is 0 Å². The first-order valence-corrected chi connectivity index (χ1v) is 11.0. The molecule has 1 aromatic carbocycles. The summed E-state index contributed by atoms with van der Waals surface area (Å²) in [5.74, 6) is -0.222. The minimum atomic E-state index is -0.218. The van der Waals surface area contributed by atoms with Crippen LogP contribution in [0.2, 0.25) is 5.15 Å². The second kappa shape index (κ2) is 10.7. The summed E-state index contributed by atoms with van der Waals surface area (Å²) in [5, 5.41) is 5.08. The van der Waals surface area contributed by atoms with Gasteiger partial charge in [-0.25, -0.2) is 4.39 Å². The number of carbonyl (C=O) groups is 1. The Kier molecular flexibility index (Phi) is 8.05. The summed E-state index contributed by atoms with van der Waals surface area (Å²) in [6.45, 7) is 8.71. The van der Waals surface area contributed by atoms with E-state index in [1.165, 1.54) is 12.1 Å².